The number of anilines is 1. The number of carbonyl (C=O) groups is 1. The second kappa shape index (κ2) is 5.73. The van der Waals surface area contributed by atoms with Gasteiger partial charge >= 0.3 is 6.09 Å². The Bertz CT molecular complexity index is 394. The van der Waals surface area contributed by atoms with Crippen molar-refractivity contribution in [2.75, 3.05) is 38.6 Å². The predicted molar refractivity (Wildman–Crippen MR) is 69.6 cm³/mol. The lowest BCUT2D eigenvalue weighted by atomic mass is 10.2. The van der Waals surface area contributed by atoms with E-state index in [1.54, 1.807) is 14.1 Å². The minimum atomic E-state index is -0.381. The first-order valence-corrected chi connectivity index (χ1v) is 6.01. The summed E-state index contributed by atoms with van der Waals surface area (Å²) in [5.41, 5.74) is 1.14. The zero-order chi connectivity index (χ0) is 13.0. The van der Waals surface area contributed by atoms with Crippen molar-refractivity contribution < 1.29 is 9.53 Å². The fourth-order valence-electron chi connectivity index (χ4n) is 1.83. The van der Waals surface area contributed by atoms with Crippen molar-refractivity contribution in [2.45, 2.75) is 6.23 Å². The number of hydrogen-bond donors (Lipinski definition) is 0. The van der Waals surface area contributed by atoms with Gasteiger partial charge in [0.2, 0.25) is 0 Å². The maximum Gasteiger partial charge on any atom is 0.410 e. The van der Waals surface area contributed by atoms with Gasteiger partial charge in [0, 0.05) is 32.9 Å². The number of amides is 1. The molecule has 1 amide bonds. The van der Waals surface area contributed by atoms with Gasteiger partial charge in [0.15, 0.2) is 6.23 Å². The molecule has 2 rings (SSSR count). The van der Waals surface area contributed by atoms with Crippen LogP contribution in [0.25, 0.3) is 0 Å². The van der Waals surface area contributed by atoms with Crippen molar-refractivity contribution in [3.8, 4) is 0 Å². The molecule has 1 atom stereocenters. The van der Waals surface area contributed by atoms with E-state index in [0.717, 1.165) is 12.2 Å². The molecule has 1 aromatic rings. The summed E-state index contributed by atoms with van der Waals surface area (Å²) >= 11 is 0. The van der Waals surface area contributed by atoms with Crippen LogP contribution in [-0.4, -0.2) is 51.0 Å². The number of nitrogens with zero attached hydrogens (tertiary/aromatic N) is 3. The van der Waals surface area contributed by atoms with Crippen molar-refractivity contribution in [2.24, 2.45) is 0 Å². The number of hydrogen-bond acceptors (Lipinski definition) is 3. The Morgan fingerprint density at radius 3 is 2.78 bits per heavy atom. The number of benzene rings is 1. The monoisotopic (exact) mass is 248 g/mol. The molecule has 0 aliphatic carbocycles. The molecule has 1 saturated heterocycles. The minimum Gasteiger partial charge on any atom is -0.427 e. The molecule has 1 fully saturated rings. The van der Waals surface area contributed by atoms with Crippen molar-refractivity contribution in [1.29, 1.82) is 0 Å². The maximum atomic E-state index is 11.5. The number of para-hydroxylation sites is 1. The first kappa shape index (κ1) is 12.7. The fraction of sp³-hybridized carbons (Fsp3) is 0.462. The lowest BCUT2D eigenvalue weighted by Crippen LogP contribution is -2.49. The highest BCUT2D eigenvalue weighted by atomic mass is 16.6. The van der Waals surface area contributed by atoms with E-state index in [2.05, 4.69) is 22.3 Å². The van der Waals surface area contributed by atoms with E-state index in [9.17, 15) is 4.79 Å². The van der Waals surface area contributed by atoms with Crippen molar-refractivity contribution in [3.63, 3.8) is 0 Å². The highest BCUT2D eigenvalue weighted by molar-refractivity contribution is 5.67. The van der Waals surface area contributed by atoms with Gasteiger partial charge in [-0.15, -0.1) is 0 Å². The zero-order valence-corrected chi connectivity index (χ0v) is 10.7. The Labute approximate surface area is 107 Å². The molecule has 0 N–H and O–H groups in total. The van der Waals surface area contributed by atoms with Gasteiger partial charge in [-0.2, -0.15) is 5.32 Å². The summed E-state index contributed by atoms with van der Waals surface area (Å²) in [6.45, 7) is 2.16. The average Bonchev–Trinajstić information content (AvgIpc) is 2.40. The molecule has 0 spiro atoms. The molecule has 1 aliphatic rings. The summed E-state index contributed by atoms with van der Waals surface area (Å²) in [5, 5.41) is 4.32. The summed E-state index contributed by atoms with van der Waals surface area (Å²) in [5.74, 6) is 0. The highest BCUT2D eigenvalue weighted by Crippen LogP contribution is 2.16. The van der Waals surface area contributed by atoms with E-state index >= 15 is 0 Å². The Morgan fingerprint density at radius 2 is 2.11 bits per heavy atom. The van der Waals surface area contributed by atoms with Crippen molar-refractivity contribution >= 4 is 11.8 Å². The van der Waals surface area contributed by atoms with Gasteiger partial charge in [-0.25, -0.2) is 4.79 Å². The molecule has 0 bridgehead atoms. The van der Waals surface area contributed by atoms with Gasteiger partial charge in [-0.1, -0.05) is 18.2 Å². The van der Waals surface area contributed by atoms with Crippen LogP contribution in [0.15, 0.2) is 30.3 Å². The van der Waals surface area contributed by atoms with Crippen LogP contribution in [0.3, 0.4) is 0 Å². The van der Waals surface area contributed by atoms with E-state index in [-0.39, 0.29) is 12.3 Å². The number of rotatable bonds is 2. The Morgan fingerprint density at radius 1 is 1.39 bits per heavy atom. The summed E-state index contributed by atoms with van der Waals surface area (Å²) in [4.78, 5) is 15.1. The van der Waals surface area contributed by atoms with Crippen LogP contribution in [0.5, 0.6) is 0 Å². The molecule has 1 heterocycles. The number of ether oxygens (including phenoxy) is 1. The first-order chi connectivity index (χ1) is 8.66. The zero-order valence-electron chi connectivity index (χ0n) is 10.7. The van der Waals surface area contributed by atoms with E-state index in [1.807, 2.05) is 18.2 Å². The Balaban J connectivity index is 1.95. The largest absolute Gasteiger partial charge is 0.427 e. The van der Waals surface area contributed by atoms with Gasteiger partial charge in [0.25, 0.3) is 0 Å². The summed E-state index contributed by atoms with van der Waals surface area (Å²) in [7, 11) is 3.33. The number of piperazine rings is 1. The van der Waals surface area contributed by atoms with Crippen LogP contribution in [0.1, 0.15) is 0 Å². The van der Waals surface area contributed by atoms with Crippen LogP contribution in [0.2, 0.25) is 0 Å². The van der Waals surface area contributed by atoms with E-state index in [1.165, 1.54) is 4.90 Å². The van der Waals surface area contributed by atoms with Crippen LogP contribution in [-0.2, 0) is 4.74 Å². The molecule has 1 radical (unpaired) electrons. The molecular weight excluding hydrogens is 230 g/mol. The van der Waals surface area contributed by atoms with Gasteiger partial charge in [0.1, 0.15) is 0 Å². The molecule has 97 valence electrons. The van der Waals surface area contributed by atoms with Crippen molar-refractivity contribution in [3.05, 3.63) is 30.3 Å². The second-order valence-corrected chi connectivity index (χ2v) is 4.42. The number of carbonyl (C=O) groups excluding carboxylic acids is 1. The highest BCUT2D eigenvalue weighted by Gasteiger charge is 2.24. The van der Waals surface area contributed by atoms with Crippen LogP contribution >= 0.6 is 0 Å². The second-order valence-electron chi connectivity index (χ2n) is 4.42. The normalized spacial score (nSPS) is 19.4. The van der Waals surface area contributed by atoms with Gasteiger partial charge < -0.3 is 14.5 Å². The fourth-order valence-corrected chi connectivity index (χ4v) is 1.83. The quantitative estimate of drug-likeness (QED) is 0.788. The smallest absolute Gasteiger partial charge is 0.410 e. The lowest BCUT2D eigenvalue weighted by molar-refractivity contribution is 0.0534. The third-order valence-corrected chi connectivity index (χ3v) is 2.80. The van der Waals surface area contributed by atoms with Crippen LogP contribution in [0, 0.1) is 0 Å². The topological polar surface area (TPSA) is 46.9 Å². The Kier molecular flexibility index (Phi) is 4.04. The van der Waals surface area contributed by atoms with Gasteiger partial charge in [-0.3, -0.25) is 0 Å². The molecular formula is C13H18N3O2. The van der Waals surface area contributed by atoms with E-state index < -0.39 is 0 Å². The standard InChI is InChI=1S/C13H18N3O2/c1-15(2)13(17)18-12-10-16(9-8-14-12)11-6-4-3-5-7-11/h3-7,12H,8-10H2,1-2H3/t12-/m0/s1. The van der Waals surface area contributed by atoms with Crippen molar-refractivity contribution in [1.82, 2.24) is 10.2 Å². The molecule has 1 aromatic carbocycles. The predicted octanol–water partition coefficient (Wildman–Crippen LogP) is 1.14. The first-order valence-electron chi connectivity index (χ1n) is 6.01. The average molecular weight is 248 g/mol. The summed E-state index contributed by atoms with van der Waals surface area (Å²) < 4.78 is 5.28. The molecule has 5 nitrogen and oxygen atoms in total. The Hall–Kier alpha value is -1.75. The molecule has 0 unspecified atom stereocenters. The molecule has 1 aliphatic heterocycles. The maximum absolute atomic E-state index is 11.5. The van der Waals surface area contributed by atoms with Crippen LogP contribution in [0.4, 0.5) is 10.5 Å². The minimum absolute atomic E-state index is 0.348. The summed E-state index contributed by atoms with van der Waals surface area (Å²) in [6, 6.07) is 10.1. The molecule has 0 aromatic heterocycles. The van der Waals surface area contributed by atoms with E-state index in [4.69, 9.17) is 4.74 Å². The third-order valence-electron chi connectivity index (χ3n) is 2.80. The van der Waals surface area contributed by atoms with Gasteiger partial charge in [0.05, 0.1) is 6.54 Å². The third kappa shape index (κ3) is 3.13. The van der Waals surface area contributed by atoms with Crippen LogP contribution < -0.4 is 10.2 Å². The van der Waals surface area contributed by atoms with E-state index in [0.29, 0.717) is 13.1 Å². The summed E-state index contributed by atoms with van der Waals surface area (Å²) in [6.07, 6.45) is -0.729. The molecule has 18 heavy (non-hydrogen) atoms. The molecule has 0 saturated carbocycles. The SMILES string of the molecule is CN(C)C(=O)O[C@H]1CN(c2ccccc2)CC[N]1. The molecule has 5 heteroatoms. The lowest BCUT2D eigenvalue weighted by Gasteiger charge is -2.33. The van der Waals surface area contributed by atoms with Gasteiger partial charge in [-0.05, 0) is 12.1 Å².